The quantitative estimate of drug-likeness (QED) is 0.391. The van der Waals surface area contributed by atoms with Gasteiger partial charge in [0.25, 0.3) is 5.91 Å². The lowest BCUT2D eigenvalue weighted by Crippen LogP contribution is -2.35. The van der Waals surface area contributed by atoms with Crippen LogP contribution in [-0.2, 0) is 27.5 Å². The molecule has 1 N–H and O–H groups in total. The van der Waals surface area contributed by atoms with Crippen LogP contribution in [0.1, 0.15) is 29.2 Å². The number of ether oxygens (including phenoxy) is 2. The second-order valence-electron chi connectivity index (χ2n) is 7.46. The number of carbonyl (C=O) groups is 2. The summed E-state index contributed by atoms with van der Waals surface area (Å²) in [6.45, 7) is 4.43. The maximum Gasteiger partial charge on any atom is 0.331 e. The minimum Gasteiger partial charge on any atom is -0.489 e. The summed E-state index contributed by atoms with van der Waals surface area (Å²) in [6.07, 6.45) is 2.07. The van der Waals surface area contributed by atoms with Crippen LogP contribution >= 0.6 is 0 Å². The third-order valence-electron chi connectivity index (χ3n) is 4.79. The van der Waals surface area contributed by atoms with E-state index in [-0.39, 0.29) is 5.91 Å². The molecule has 3 aromatic carbocycles. The molecule has 0 aromatic heterocycles. The summed E-state index contributed by atoms with van der Waals surface area (Å²) in [5.41, 5.74) is 4.06. The molecule has 0 radical (unpaired) electrons. The predicted molar refractivity (Wildman–Crippen MR) is 125 cm³/mol. The number of hydrogen-bond acceptors (Lipinski definition) is 4. The Balaban J connectivity index is 1.42. The number of aryl methyl sites for hydroxylation is 1. The molecule has 0 spiro atoms. The van der Waals surface area contributed by atoms with Gasteiger partial charge in [0.1, 0.15) is 12.4 Å². The normalized spacial score (nSPS) is 11.7. The Kier molecular flexibility index (Phi) is 8.21. The van der Waals surface area contributed by atoms with Crippen molar-refractivity contribution in [3.8, 4) is 5.75 Å². The van der Waals surface area contributed by atoms with Gasteiger partial charge < -0.3 is 14.8 Å². The molecule has 0 fully saturated rings. The Morgan fingerprint density at radius 1 is 0.906 bits per heavy atom. The van der Waals surface area contributed by atoms with Crippen LogP contribution < -0.4 is 10.1 Å². The van der Waals surface area contributed by atoms with Crippen molar-refractivity contribution in [2.75, 3.05) is 0 Å². The summed E-state index contributed by atoms with van der Waals surface area (Å²) in [5, 5.41) is 2.77. The fourth-order valence-electron chi connectivity index (χ4n) is 2.89. The summed E-state index contributed by atoms with van der Waals surface area (Å²) in [5.74, 6) is -0.174. The van der Waals surface area contributed by atoms with Crippen molar-refractivity contribution in [3.05, 3.63) is 107 Å². The molecule has 0 aliphatic heterocycles. The minimum absolute atomic E-state index is 0.341. The lowest BCUT2D eigenvalue weighted by atomic mass is 10.1. The number of hydrogen-bond donors (Lipinski definition) is 1. The van der Waals surface area contributed by atoms with Crippen LogP contribution in [-0.4, -0.2) is 18.0 Å². The Labute approximate surface area is 188 Å². The van der Waals surface area contributed by atoms with Gasteiger partial charge in [0.05, 0.1) is 0 Å². The zero-order chi connectivity index (χ0) is 22.8. The maximum atomic E-state index is 12.2. The van der Waals surface area contributed by atoms with Gasteiger partial charge in [-0.3, -0.25) is 4.79 Å². The standard InChI is InChI=1S/C27H27NO4/c1-20-8-10-23(11-9-20)18-28-27(30)21(2)32-26(29)17-14-22-12-15-25(16-13-22)31-19-24-6-4-3-5-7-24/h3-17,21H,18-19H2,1-2H3,(H,28,30)/b17-14+. The Morgan fingerprint density at radius 2 is 1.59 bits per heavy atom. The molecule has 0 aliphatic rings. The van der Waals surface area contributed by atoms with Crippen molar-refractivity contribution < 1.29 is 19.1 Å². The highest BCUT2D eigenvalue weighted by Gasteiger charge is 2.16. The second-order valence-corrected chi connectivity index (χ2v) is 7.46. The van der Waals surface area contributed by atoms with Gasteiger partial charge in [-0.2, -0.15) is 0 Å². The van der Waals surface area contributed by atoms with Gasteiger partial charge in [-0.1, -0.05) is 72.3 Å². The fourth-order valence-corrected chi connectivity index (χ4v) is 2.89. The average molecular weight is 430 g/mol. The number of amides is 1. The summed E-state index contributed by atoms with van der Waals surface area (Å²) in [4.78, 5) is 24.2. The van der Waals surface area contributed by atoms with Gasteiger partial charge >= 0.3 is 5.97 Å². The van der Waals surface area contributed by atoms with Crippen LogP contribution in [0.25, 0.3) is 6.08 Å². The highest BCUT2D eigenvalue weighted by atomic mass is 16.5. The predicted octanol–water partition coefficient (Wildman–Crippen LogP) is 4.84. The number of nitrogens with one attached hydrogen (secondary N) is 1. The summed E-state index contributed by atoms with van der Waals surface area (Å²) >= 11 is 0. The van der Waals surface area contributed by atoms with Gasteiger partial charge in [-0.25, -0.2) is 4.79 Å². The van der Waals surface area contributed by atoms with E-state index in [1.54, 1.807) is 13.0 Å². The van der Waals surface area contributed by atoms with Crippen molar-refractivity contribution in [2.45, 2.75) is 33.1 Å². The van der Waals surface area contributed by atoms with Crippen LogP contribution in [0.5, 0.6) is 5.75 Å². The first-order chi connectivity index (χ1) is 15.5. The number of benzene rings is 3. The molecule has 3 aromatic rings. The van der Waals surface area contributed by atoms with Gasteiger partial charge in [0.2, 0.25) is 0 Å². The van der Waals surface area contributed by atoms with Crippen molar-refractivity contribution in [1.82, 2.24) is 5.32 Å². The van der Waals surface area contributed by atoms with E-state index >= 15 is 0 Å². The smallest absolute Gasteiger partial charge is 0.331 e. The Bertz CT molecular complexity index is 1040. The summed E-state index contributed by atoms with van der Waals surface area (Å²) in [7, 11) is 0. The van der Waals surface area contributed by atoms with Crippen LogP contribution in [0.2, 0.25) is 0 Å². The average Bonchev–Trinajstić information content (AvgIpc) is 2.82. The van der Waals surface area contributed by atoms with Crippen molar-refractivity contribution >= 4 is 18.0 Å². The van der Waals surface area contributed by atoms with Crippen LogP contribution in [0.3, 0.4) is 0 Å². The fraction of sp³-hybridized carbons (Fsp3) is 0.185. The van der Waals surface area contributed by atoms with Gasteiger partial charge in [0.15, 0.2) is 6.10 Å². The molecule has 0 heterocycles. The lowest BCUT2D eigenvalue weighted by molar-refractivity contribution is -0.150. The monoisotopic (exact) mass is 429 g/mol. The zero-order valence-corrected chi connectivity index (χ0v) is 18.3. The van der Waals surface area contributed by atoms with Gasteiger partial charge in [-0.05, 0) is 48.7 Å². The van der Waals surface area contributed by atoms with E-state index < -0.39 is 12.1 Å². The van der Waals surface area contributed by atoms with E-state index in [2.05, 4.69) is 5.32 Å². The van der Waals surface area contributed by atoms with E-state index in [9.17, 15) is 9.59 Å². The highest BCUT2D eigenvalue weighted by Crippen LogP contribution is 2.15. The Hall–Kier alpha value is -3.86. The second kappa shape index (κ2) is 11.5. The molecule has 1 amide bonds. The van der Waals surface area contributed by atoms with E-state index in [1.807, 2.05) is 85.8 Å². The van der Waals surface area contributed by atoms with E-state index in [0.717, 1.165) is 28.0 Å². The molecule has 164 valence electrons. The molecule has 3 rings (SSSR count). The molecule has 32 heavy (non-hydrogen) atoms. The molecular weight excluding hydrogens is 402 g/mol. The first-order valence-corrected chi connectivity index (χ1v) is 10.5. The van der Waals surface area contributed by atoms with E-state index in [4.69, 9.17) is 9.47 Å². The molecule has 0 saturated heterocycles. The van der Waals surface area contributed by atoms with Gasteiger partial charge in [0, 0.05) is 12.6 Å². The van der Waals surface area contributed by atoms with Crippen LogP contribution in [0, 0.1) is 6.92 Å². The topological polar surface area (TPSA) is 64.6 Å². The van der Waals surface area contributed by atoms with Gasteiger partial charge in [-0.15, -0.1) is 0 Å². The molecule has 1 unspecified atom stereocenters. The zero-order valence-electron chi connectivity index (χ0n) is 18.3. The molecule has 5 nitrogen and oxygen atoms in total. The first kappa shape index (κ1) is 22.8. The molecule has 0 aliphatic carbocycles. The SMILES string of the molecule is Cc1ccc(CNC(=O)C(C)OC(=O)/C=C/c2ccc(OCc3ccccc3)cc2)cc1. The van der Waals surface area contributed by atoms with Crippen molar-refractivity contribution in [3.63, 3.8) is 0 Å². The van der Waals surface area contributed by atoms with Crippen molar-refractivity contribution in [1.29, 1.82) is 0 Å². The molecule has 0 saturated carbocycles. The number of carbonyl (C=O) groups excluding carboxylic acids is 2. The number of esters is 1. The first-order valence-electron chi connectivity index (χ1n) is 10.5. The molecule has 1 atom stereocenters. The molecule has 0 bridgehead atoms. The number of rotatable bonds is 9. The lowest BCUT2D eigenvalue weighted by Gasteiger charge is -2.12. The van der Waals surface area contributed by atoms with Crippen LogP contribution in [0.15, 0.2) is 84.9 Å². The Morgan fingerprint density at radius 3 is 2.28 bits per heavy atom. The van der Waals surface area contributed by atoms with Crippen LogP contribution in [0.4, 0.5) is 0 Å². The minimum atomic E-state index is -0.883. The summed E-state index contributed by atoms with van der Waals surface area (Å²) in [6, 6.07) is 25.2. The van der Waals surface area contributed by atoms with E-state index in [0.29, 0.717) is 13.2 Å². The van der Waals surface area contributed by atoms with Crippen molar-refractivity contribution in [2.24, 2.45) is 0 Å². The highest BCUT2D eigenvalue weighted by molar-refractivity contribution is 5.90. The molecular formula is C27H27NO4. The largest absolute Gasteiger partial charge is 0.489 e. The van der Waals surface area contributed by atoms with E-state index in [1.165, 1.54) is 6.08 Å². The summed E-state index contributed by atoms with van der Waals surface area (Å²) < 4.78 is 10.9. The molecule has 5 heteroatoms. The third kappa shape index (κ3) is 7.43. The third-order valence-corrected chi connectivity index (χ3v) is 4.79. The maximum absolute atomic E-state index is 12.2.